The Kier molecular flexibility index (Phi) is 4.57. The number of carbonyl (C=O) groups excluding carboxylic acids is 2. The van der Waals surface area contributed by atoms with Gasteiger partial charge in [0.2, 0.25) is 11.7 Å². The molecule has 1 N–H and O–H groups in total. The SMILES string of the molecule is COC(=O)c1ccc(CNCC(=O)N2CCCC2)o1. The van der Waals surface area contributed by atoms with Crippen LogP contribution in [-0.2, 0) is 16.1 Å². The summed E-state index contributed by atoms with van der Waals surface area (Å²) in [5, 5.41) is 3.01. The Bertz CT molecular complexity index is 449. The Hall–Kier alpha value is -1.82. The standard InChI is InChI=1S/C13H18N2O4/c1-18-13(17)11-5-4-10(19-11)8-14-9-12(16)15-6-2-3-7-15/h4-5,14H,2-3,6-9H2,1H3. The minimum absolute atomic E-state index is 0.109. The summed E-state index contributed by atoms with van der Waals surface area (Å²) in [6.45, 7) is 2.41. The number of nitrogens with zero attached hydrogens (tertiary/aromatic N) is 1. The summed E-state index contributed by atoms with van der Waals surface area (Å²) in [4.78, 5) is 24.8. The highest BCUT2D eigenvalue weighted by Crippen LogP contribution is 2.09. The van der Waals surface area contributed by atoms with Crippen LogP contribution in [0.2, 0.25) is 0 Å². The number of methoxy groups -OCH3 is 1. The molecule has 0 unspecified atom stereocenters. The van der Waals surface area contributed by atoms with Crippen molar-refractivity contribution < 1.29 is 18.7 Å². The van der Waals surface area contributed by atoms with E-state index in [9.17, 15) is 9.59 Å². The summed E-state index contributed by atoms with van der Waals surface area (Å²) in [5.74, 6) is 0.386. The van der Waals surface area contributed by atoms with Crippen molar-refractivity contribution in [3.05, 3.63) is 23.7 Å². The summed E-state index contributed by atoms with van der Waals surface area (Å²) in [5.41, 5.74) is 0. The van der Waals surface area contributed by atoms with Gasteiger partial charge in [-0.2, -0.15) is 0 Å². The summed E-state index contributed by atoms with van der Waals surface area (Å²) in [7, 11) is 1.30. The molecule has 0 radical (unpaired) electrons. The van der Waals surface area contributed by atoms with Crippen LogP contribution in [0.25, 0.3) is 0 Å². The van der Waals surface area contributed by atoms with Crippen LogP contribution in [-0.4, -0.2) is 43.5 Å². The van der Waals surface area contributed by atoms with Crippen LogP contribution in [0.3, 0.4) is 0 Å². The highest BCUT2D eigenvalue weighted by atomic mass is 16.5. The first-order chi connectivity index (χ1) is 9.20. The summed E-state index contributed by atoms with van der Waals surface area (Å²) in [6, 6.07) is 3.25. The third kappa shape index (κ3) is 3.57. The monoisotopic (exact) mass is 266 g/mol. The van der Waals surface area contributed by atoms with Crippen LogP contribution < -0.4 is 5.32 Å². The summed E-state index contributed by atoms with van der Waals surface area (Å²) in [6.07, 6.45) is 2.18. The van der Waals surface area contributed by atoms with Gasteiger partial charge in [-0.15, -0.1) is 0 Å². The molecule has 2 rings (SSSR count). The van der Waals surface area contributed by atoms with Gasteiger partial charge in [0.15, 0.2) is 0 Å². The fourth-order valence-electron chi connectivity index (χ4n) is 2.05. The number of hydrogen-bond donors (Lipinski definition) is 1. The van der Waals surface area contributed by atoms with E-state index >= 15 is 0 Å². The van der Waals surface area contributed by atoms with E-state index in [0.717, 1.165) is 25.9 Å². The van der Waals surface area contributed by atoms with Crippen molar-refractivity contribution in [2.45, 2.75) is 19.4 Å². The first kappa shape index (κ1) is 13.6. The molecule has 1 aromatic heterocycles. The predicted molar refractivity (Wildman–Crippen MR) is 67.6 cm³/mol. The molecule has 0 aliphatic carbocycles. The molecular formula is C13H18N2O4. The number of furan rings is 1. The molecule has 0 bridgehead atoms. The fraction of sp³-hybridized carbons (Fsp3) is 0.538. The zero-order valence-electron chi connectivity index (χ0n) is 11.0. The van der Waals surface area contributed by atoms with Crippen molar-refractivity contribution in [3.8, 4) is 0 Å². The zero-order valence-corrected chi connectivity index (χ0v) is 11.0. The average Bonchev–Trinajstić information content (AvgIpc) is 3.08. The normalized spacial score (nSPS) is 14.7. The van der Waals surface area contributed by atoms with Gasteiger partial charge in [0.1, 0.15) is 5.76 Å². The number of amides is 1. The number of carbonyl (C=O) groups is 2. The first-order valence-electron chi connectivity index (χ1n) is 6.36. The number of ether oxygens (including phenoxy) is 1. The largest absolute Gasteiger partial charge is 0.463 e. The molecule has 0 atom stereocenters. The Morgan fingerprint density at radius 1 is 1.37 bits per heavy atom. The predicted octanol–water partition coefficient (Wildman–Crippen LogP) is 0.778. The molecule has 6 nitrogen and oxygen atoms in total. The lowest BCUT2D eigenvalue weighted by Crippen LogP contribution is -2.35. The molecule has 1 aromatic rings. The molecule has 1 saturated heterocycles. The van der Waals surface area contributed by atoms with Gasteiger partial charge in [-0.3, -0.25) is 4.79 Å². The average molecular weight is 266 g/mol. The first-order valence-corrected chi connectivity index (χ1v) is 6.36. The molecule has 19 heavy (non-hydrogen) atoms. The Morgan fingerprint density at radius 2 is 2.11 bits per heavy atom. The number of esters is 1. The fourth-order valence-corrected chi connectivity index (χ4v) is 2.05. The van der Waals surface area contributed by atoms with Gasteiger partial charge in [0, 0.05) is 13.1 Å². The van der Waals surface area contributed by atoms with Gasteiger partial charge >= 0.3 is 5.97 Å². The molecule has 1 aliphatic rings. The molecule has 1 amide bonds. The van der Waals surface area contributed by atoms with Gasteiger partial charge in [0.25, 0.3) is 0 Å². The maximum atomic E-state index is 11.8. The molecule has 1 fully saturated rings. The van der Waals surface area contributed by atoms with Crippen molar-refractivity contribution >= 4 is 11.9 Å². The topological polar surface area (TPSA) is 71.8 Å². The number of rotatable bonds is 5. The molecule has 1 aliphatic heterocycles. The number of nitrogens with one attached hydrogen (secondary N) is 1. The van der Waals surface area contributed by atoms with Gasteiger partial charge < -0.3 is 19.4 Å². The molecule has 0 aromatic carbocycles. The van der Waals surface area contributed by atoms with E-state index in [2.05, 4.69) is 10.1 Å². The minimum Gasteiger partial charge on any atom is -0.463 e. The quantitative estimate of drug-likeness (QED) is 0.797. The smallest absolute Gasteiger partial charge is 0.373 e. The number of hydrogen-bond acceptors (Lipinski definition) is 5. The van der Waals surface area contributed by atoms with Gasteiger partial charge in [-0.25, -0.2) is 4.79 Å². The van der Waals surface area contributed by atoms with Crippen LogP contribution in [0.5, 0.6) is 0 Å². The molecule has 0 saturated carbocycles. The van der Waals surface area contributed by atoms with Gasteiger partial charge in [0.05, 0.1) is 20.2 Å². The van der Waals surface area contributed by atoms with Crippen molar-refractivity contribution in [2.24, 2.45) is 0 Å². The van der Waals surface area contributed by atoms with Crippen LogP contribution >= 0.6 is 0 Å². The molecule has 2 heterocycles. The minimum atomic E-state index is -0.501. The number of likely N-dealkylation sites (tertiary alicyclic amines) is 1. The Balaban J connectivity index is 1.74. The van der Waals surface area contributed by atoms with Crippen LogP contribution in [0.1, 0.15) is 29.2 Å². The van der Waals surface area contributed by atoms with E-state index in [1.165, 1.54) is 7.11 Å². The van der Waals surface area contributed by atoms with Crippen molar-refractivity contribution in [1.29, 1.82) is 0 Å². The third-order valence-electron chi connectivity index (χ3n) is 3.08. The van der Waals surface area contributed by atoms with E-state index in [0.29, 0.717) is 12.3 Å². The van der Waals surface area contributed by atoms with Crippen molar-refractivity contribution in [2.75, 3.05) is 26.7 Å². The maximum Gasteiger partial charge on any atom is 0.373 e. The van der Waals surface area contributed by atoms with E-state index in [4.69, 9.17) is 4.42 Å². The van der Waals surface area contributed by atoms with E-state index < -0.39 is 5.97 Å². The Morgan fingerprint density at radius 3 is 2.79 bits per heavy atom. The Labute approximate surface area is 111 Å². The van der Waals surface area contributed by atoms with Gasteiger partial charge in [-0.1, -0.05) is 0 Å². The second-order valence-electron chi connectivity index (χ2n) is 4.45. The lowest BCUT2D eigenvalue weighted by molar-refractivity contribution is -0.129. The van der Waals surface area contributed by atoms with Crippen LogP contribution in [0.4, 0.5) is 0 Å². The highest BCUT2D eigenvalue weighted by molar-refractivity contribution is 5.86. The van der Waals surface area contributed by atoms with E-state index in [1.54, 1.807) is 12.1 Å². The molecule has 104 valence electrons. The summed E-state index contributed by atoms with van der Waals surface area (Å²) >= 11 is 0. The van der Waals surface area contributed by atoms with Crippen LogP contribution in [0, 0.1) is 0 Å². The zero-order chi connectivity index (χ0) is 13.7. The second-order valence-corrected chi connectivity index (χ2v) is 4.45. The lowest BCUT2D eigenvalue weighted by Gasteiger charge is -2.15. The van der Waals surface area contributed by atoms with E-state index in [-0.39, 0.29) is 18.2 Å². The third-order valence-corrected chi connectivity index (χ3v) is 3.08. The van der Waals surface area contributed by atoms with Crippen LogP contribution in [0.15, 0.2) is 16.5 Å². The molecular weight excluding hydrogens is 248 g/mol. The van der Waals surface area contributed by atoms with Crippen molar-refractivity contribution in [3.63, 3.8) is 0 Å². The highest BCUT2D eigenvalue weighted by Gasteiger charge is 2.17. The summed E-state index contributed by atoms with van der Waals surface area (Å²) < 4.78 is 9.83. The second kappa shape index (κ2) is 6.38. The molecule has 0 spiro atoms. The van der Waals surface area contributed by atoms with Crippen molar-refractivity contribution in [1.82, 2.24) is 10.2 Å². The van der Waals surface area contributed by atoms with E-state index in [1.807, 2.05) is 4.90 Å². The maximum absolute atomic E-state index is 11.8. The molecule has 6 heteroatoms. The van der Waals surface area contributed by atoms with Gasteiger partial charge in [-0.05, 0) is 25.0 Å². The lowest BCUT2D eigenvalue weighted by atomic mass is 10.4.